The maximum Gasteiger partial charge on any atom is 0.0399 e. The number of hydrogen-bond acceptors (Lipinski definition) is 1. The lowest BCUT2D eigenvalue weighted by Crippen LogP contribution is -2.15. The molecule has 42 heavy (non-hydrogen) atoms. The predicted octanol–water partition coefficient (Wildman–Crippen LogP) is 12.0. The Morgan fingerprint density at radius 3 is 1.83 bits per heavy atom. The Morgan fingerprint density at radius 1 is 0.500 bits per heavy atom. The number of hydrogen-bond donors (Lipinski definition) is 0. The quantitative estimate of drug-likeness (QED) is 0.187. The van der Waals surface area contributed by atoms with Gasteiger partial charge in [-0.1, -0.05) is 135 Å². The van der Waals surface area contributed by atoms with E-state index in [0.29, 0.717) is 0 Å². The molecule has 0 spiro atoms. The Kier molecular flexibility index (Phi) is 4.93. The first-order valence-electron chi connectivity index (χ1n) is 14.7. The van der Waals surface area contributed by atoms with Gasteiger partial charge in [0.15, 0.2) is 0 Å². The van der Waals surface area contributed by atoms with Crippen LogP contribution in [-0.4, -0.2) is 0 Å². The first-order valence-corrected chi connectivity index (χ1v) is 15.5. The highest BCUT2D eigenvalue weighted by molar-refractivity contribution is 7.22. The Bertz CT molecular complexity index is 2330. The molecule has 198 valence electrons. The van der Waals surface area contributed by atoms with Gasteiger partial charge in [-0.3, -0.25) is 0 Å². The van der Waals surface area contributed by atoms with E-state index in [2.05, 4.69) is 147 Å². The third-order valence-electron chi connectivity index (χ3n) is 9.42. The van der Waals surface area contributed by atoms with Crippen LogP contribution in [0.15, 0.2) is 133 Å². The molecule has 1 heteroatoms. The Morgan fingerprint density at radius 2 is 1.10 bits per heavy atom. The van der Waals surface area contributed by atoms with Crippen LogP contribution >= 0.6 is 11.3 Å². The van der Waals surface area contributed by atoms with Gasteiger partial charge in [0, 0.05) is 20.4 Å². The second kappa shape index (κ2) is 8.64. The molecule has 0 unspecified atom stereocenters. The Balaban J connectivity index is 1.42. The zero-order chi connectivity index (χ0) is 28.0. The third-order valence-corrected chi connectivity index (χ3v) is 10.6. The summed E-state index contributed by atoms with van der Waals surface area (Å²) in [6, 6.07) is 49.5. The van der Waals surface area contributed by atoms with Crippen molar-refractivity contribution in [3.8, 4) is 32.7 Å². The minimum Gasteiger partial charge on any atom is -0.135 e. The standard InChI is InChI=1S/C41H28S/c1-41(2)34-20-10-9-18-32(34)40-39(41)38-33(19-11-21-35(38)42-40)37-30-16-7-5-14-28(30)36(29-15-6-8-17-31(29)37)27-23-22-25-12-3-4-13-26(25)24-27/h3-24H,1-2H3. The predicted molar refractivity (Wildman–Crippen MR) is 183 cm³/mol. The largest absolute Gasteiger partial charge is 0.135 e. The van der Waals surface area contributed by atoms with E-state index in [1.165, 1.54) is 86.2 Å². The molecule has 9 rings (SSSR count). The van der Waals surface area contributed by atoms with Crippen molar-refractivity contribution in [2.75, 3.05) is 0 Å². The molecule has 0 radical (unpaired) electrons. The molecule has 0 N–H and O–H groups in total. The van der Waals surface area contributed by atoms with Gasteiger partial charge in [0.1, 0.15) is 0 Å². The third kappa shape index (κ3) is 3.17. The average Bonchev–Trinajstić information content (AvgIpc) is 3.53. The van der Waals surface area contributed by atoms with E-state index in [1.54, 1.807) is 0 Å². The van der Waals surface area contributed by atoms with Crippen LogP contribution in [0.4, 0.5) is 0 Å². The number of rotatable bonds is 2. The molecular formula is C41H28S. The molecule has 0 amide bonds. The molecule has 7 aromatic carbocycles. The molecule has 0 aliphatic heterocycles. The fourth-order valence-electron chi connectivity index (χ4n) is 7.58. The maximum atomic E-state index is 2.40. The molecule has 0 bridgehead atoms. The Hall–Kier alpha value is -4.72. The summed E-state index contributed by atoms with van der Waals surface area (Å²) in [6.07, 6.45) is 0. The fraction of sp³-hybridized carbons (Fsp3) is 0.0732. The molecule has 0 atom stereocenters. The Labute approximate surface area is 249 Å². The van der Waals surface area contributed by atoms with Crippen LogP contribution in [0.2, 0.25) is 0 Å². The molecule has 1 aliphatic rings. The zero-order valence-electron chi connectivity index (χ0n) is 23.6. The highest BCUT2D eigenvalue weighted by Gasteiger charge is 2.39. The summed E-state index contributed by atoms with van der Waals surface area (Å²) in [4.78, 5) is 1.43. The summed E-state index contributed by atoms with van der Waals surface area (Å²) < 4.78 is 1.37. The van der Waals surface area contributed by atoms with Gasteiger partial charge in [-0.05, 0) is 83.4 Å². The smallest absolute Gasteiger partial charge is 0.0399 e. The van der Waals surface area contributed by atoms with Gasteiger partial charge in [0.05, 0.1) is 0 Å². The van der Waals surface area contributed by atoms with E-state index < -0.39 is 0 Å². The van der Waals surface area contributed by atoms with Crippen molar-refractivity contribution in [3.63, 3.8) is 0 Å². The van der Waals surface area contributed by atoms with E-state index in [1.807, 2.05) is 11.3 Å². The summed E-state index contributed by atoms with van der Waals surface area (Å²) in [5.41, 5.74) is 9.50. The summed E-state index contributed by atoms with van der Waals surface area (Å²) in [5, 5.41) is 9.16. The molecule has 0 nitrogen and oxygen atoms in total. The van der Waals surface area contributed by atoms with Gasteiger partial charge in [-0.15, -0.1) is 11.3 Å². The van der Waals surface area contributed by atoms with Crippen molar-refractivity contribution in [2.45, 2.75) is 19.3 Å². The van der Waals surface area contributed by atoms with Crippen LogP contribution in [0.3, 0.4) is 0 Å². The van der Waals surface area contributed by atoms with Crippen LogP contribution in [0, 0.1) is 0 Å². The molecule has 0 saturated heterocycles. The van der Waals surface area contributed by atoms with Crippen LogP contribution in [0.25, 0.3) is 75.1 Å². The molecule has 0 saturated carbocycles. The second-order valence-electron chi connectivity index (χ2n) is 12.1. The number of thiophene rings is 1. The topological polar surface area (TPSA) is 0 Å². The van der Waals surface area contributed by atoms with E-state index >= 15 is 0 Å². The van der Waals surface area contributed by atoms with Crippen molar-refractivity contribution in [3.05, 3.63) is 145 Å². The van der Waals surface area contributed by atoms with Gasteiger partial charge >= 0.3 is 0 Å². The van der Waals surface area contributed by atoms with Gasteiger partial charge in [0.2, 0.25) is 0 Å². The highest BCUT2D eigenvalue weighted by atomic mass is 32.1. The summed E-state index contributed by atoms with van der Waals surface area (Å²) in [7, 11) is 0. The summed E-state index contributed by atoms with van der Waals surface area (Å²) in [6.45, 7) is 4.80. The van der Waals surface area contributed by atoms with Gasteiger partial charge in [-0.2, -0.15) is 0 Å². The zero-order valence-corrected chi connectivity index (χ0v) is 24.4. The maximum absolute atomic E-state index is 2.40. The molecule has 0 fully saturated rings. The van der Waals surface area contributed by atoms with E-state index in [4.69, 9.17) is 0 Å². The molecule has 1 heterocycles. The normalized spacial score (nSPS) is 13.7. The van der Waals surface area contributed by atoms with Crippen molar-refractivity contribution in [2.24, 2.45) is 0 Å². The van der Waals surface area contributed by atoms with Crippen LogP contribution in [-0.2, 0) is 5.41 Å². The number of fused-ring (bicyclic) bond motifs is 8. The van der Waals surface area contributed by atoms with Crippen LogP contribution in [0.5, 0.6) is 0 Å². The van der Waals surface area contributed by atoms with Crippen molar-refractivity contribution < 1.29 is 0 Å². The molecule has 1 aliphatic carbocycles. The molecule has 1 aromatic heterocycles. The van der Waals surface area contributed by atoms with Crippen LogP contribution < -0.4 is 0 Å². The second-order valence-corrected chi connectivity index (χ2v) is 13.1. The first kappa shape index (κ1) is 23.9. The van der Waals surface area contributed by atoms with Gasteiger partial charge in [0.25, 0.3) is 0 Å². The SMILES string of the molecule is CC1(C)c2ccccc2-c2sc3cccc(-c4c5ccccc5c(-c5ccc6ccccc6c5)c5ccccc45)c3c21. The highest BCUT2D eigenvalue weighted by Crippen LogP contribution is 2.57. The monoisotopic (exact) mass is 552 g/mol. The lowest BCUT2D eigenvalue weighted by Gasteiger charge is -2.23. The van der Waals surface area contributed by atoms with Gasteiger partial charge < -0.3 is 0 Å². The lowest BCUT2D eigenvalue weighted by molar-refractivity contribution is 0.667. The van der Waals surface area contributed by atoms with E-state index in [9.17, 15) is 0 Å². The molecular weight excluding hydrogens is 525 g/mol. The first-order chi connectivity index (χ1) is 20.6. The summed E-state index contributed by atoms with van der Waals surface area (Å²) in [5.74, 6) is 0. The van der Waals surface area contributed by atoms with E-state index in [0.717, 1.165) is 0 Å². The summed E-state index contributed by atoms with van der Waals surface area (Å²) >= 11 is 1.95. The number of benzene rings is 7. The van der Waals surface area contributed by atoms with Crippen molar-refractivity contribution in [1.82, 2.24) is 0 Å². The van der Waals surface area contributed by atoms with Crippen molar-refractivity contribution >= 4 is 53.7 Å². The van der Waals surface area contributed by atoms with E-state index in [-0.39, 0.29) is 5.41 Å². The lowest BCUT2D eigenvalue weighted by atomic mass is 9.79. The minimum absolute atomic E-state index is 0.0586. The van der Waals surface area contributed by atoms with Gasteiger partial charge in [-0.25, -0.2) is 0 Å². The van der Waals surface area contributed by atoms with Crippen molar-refractivity contribution in [1.29, 1.82) is 0 Å². The molecule has 8 aromatic rings. The van der Waals surface area contributed by atoms with Crippen LogP contribution in [0.1, 0.15) is 25.0 Å². The minimum atomic E-state index is -0.0586. The average molecular weight is 553 g/mol. The fourth-order valence-corrected chi connectivity index (χ4v) is 9.01.